The molecular formula is C19H20N4O4. The predicted octanol–water partition coefficient (Wildman–Crippen LogP) is 0.879. The van der Waals surface area contributed by atoms with Gasteiger partial charge in [-0.15, -0.1) is 0 Å². The molecule has 1 N–H and O–H groups in total. The number of methoxy groups -OCH3 is 1. The molecule has 0 aliphatic heterocycles. The zero-order valence-electron chi connectivity index (χ0n) is 15.6. The molecular weight excluding hydrogens is 348 g/mol. The Kier molecular flexibility index (Phi) is 4.81. The van der Waals surface area contributed by atoms with E-state index in [0.29, 0.717) is 11.4 Å². The van der Waals surface area contributed by atoms with Crippen molar-refractivity contribution in [2.24, 2.45) is 14.1 Å². The van der Waals surface area contributed by atoms with Crippen LogP contribution in [0.15, 0.2) is 39.9 Å². The van der Waals surface area contributed by atoms with Gasteiger partial charge in [-0.25, -0.2) is 9.78 Å². The van der Waals surface area contributed by atoms with Gasteiger partial charge in [0.05, 0.1) is 18.1 Å². The number of nitrogens with one attached hydrogen (secondary N) is 1. The molecule has 0 bridgehead atoms. The summed E-state index contributed by atoms with van der Waals surface area (Å²) in [6.07, 6.45) is 0. The lowest BCUT2D eigenvalue weighted by molar-refractivity contribution is 0.0952. The number of para-hydroxylation sites is 1. The molecule has 8 heteroatoms. The molecule has 0 spiro atoms. The largest absolute Gasteiger partial charge is 0.496 e. The molecule has 0 fully saturated rings. The van der Waals surface area contributed by atoms with Crippen LogP contribution in [0, 0.1) is 6.92 Å². The number of carbonyl (C=O) groups excluding carboxylic acids is 1. The number of fused-ring (bicyclic) bond motifs is 1. The zero-order chi connectivity index (χ0) is 19.7. The fourth-order valence-electron chi connectivity index (χ4n) is 2.98. The van der Waals surface area contributed by atoms with Gasteiger partial charge in [-0.1, -0.05) is 18.2 Å². The van der Waals surface area contributed by atoms with Crippen molar-refractivity contribution in [3.05, 3.63) is 68.0 Å². The molecule has 140 valence electrons. The maximum atomic E-state index is 12.8. The molecule has 8 nitrogen and oxygen atoms in total. The van der Waals surface area contributed by atoms with E-state index in [4.69, 9.17) is 4.74 Å². The highest BCUT2D eigenvalue weighted by atomic mass is 16.5. The Hall–Kier alpha value is -3.42. The molecule has 0 aliphatic carbocycles. The Morgan fingerprint density at radius 1 is 1.19 bits per heavy atom. The van der Waals surface area contributed by atoms with Crippen molar-refractivity contribution in [3.8, 4) is 5.75 Å². The molecule has 0 atom stereocenters. The van der Waals surface area contributed by atoms with E-state index >= 15 is 0 Å². The summed E-state index contributed by atoms with van der Waals surface area (Å²) in [5.41, 5.74) is 0.667. The molecule has 27 heavy (non-hydrogen) atoms. The number of benzene rings is 1. The van der Waals surface area contributed by atoms with Crippen LogP contribution in [0.2, 0.25) is 0 Å². The first-order chi connectivity index (χ1) is 12.8. The molecule has 2 heterocycles. The van der Waals surface area contributed by atoms with Crippen LogP contribution in [0.4, 0.5) is 0 Å². The van der Waals surface area contributed by atoms with Crippen LogP contribution in [0.5, 0.6) is 5.75 Å². The van der Waals surface area contributed by atoms with Crippen LogP contribution in [-0.4, -0.2) is 27.1 Å². The molecule has 1 aromatic carbocycles. The predicted molar refractivity (Wildman–Crippen MR) is 101 cm³/mol. The normalized spacial score (nSPS) is 10.8. The molecule has 3 rings (SSSR count). The fourth-order valence-corrected chi connectivity index (χ4v) is 2.98. The van der Waals surface area contributed by atoms with E-state index in [1.807, 2.05) is 18.2 Å². The monoisotopic (exact) mass is 368 g/mol. The first-order valence-electron chi connectivity index (χ1n) is 8.32. The van der Waals surface area contributed by atoms with Gasteiger partial charge >= 0.3 is 5.69 Å². The van der Waals surface area contributed by atoms with E-state index in [1.54, 1.807) is 26.2 Å². The summed E-state index contributed by atoms with van der Waals surface area (Å²) in [7, 11) is 4.46. The second-order valence-corrected chi connectivity index (χ2v) is 6.21. The van der Waals surface area contributed by atoms with Gasteiger partial charge in [0.1, 0.15) is 11.4 Å². The van der Waals surface area contributed by atoms with Gasteiger partial charge in [-0.05, 0) is 19.1 Å². The molecule has 0 aliphatic rings. The minimum Gasteiger partial charge on any atom is -0.496 e. The second-order valence-electron chi connectivity index (χ2n) is 6.21. The van der Waals surface area contributed by atoms with E-state index in [2.05, 4.69) is 10.3 Å². The van der Waals surface area contributed by atoms with Crippen molar-refractivity contribution < 1.29 is 9.53 Å². The molecule has 0 unspecified atom stereocenters. The lowest BCUT2D eigenvalue weighted by Gasteiger charge is -2.13. The summed E-state index contributed by atoms with van der Waals surface area (Å²) in [6.45, 7) is 1.94. The summed E-state index contributed by atoms with van der Waals surface area (Å²) < 4.78 is 7.52. The number of rotatable bonds is 4. The van der Waals surface area contributed by atoms with E-state index in [1.165, 1.54) is 18.7 Å². The number of hydrogen-bond acceptors (Lipinski definition) is 5. The van der Waals surface area contributed by atoms with Crippen molar-refractivity contribution >= 4 is 16.9 Å². The van der Waals surface area contributed by atoms with Gasteiger partial charge in [0.2, 0.25) is 0 Å². The van der Waals surface area contributed by atoms with Gasteiger partial charge in [0, 0.05) is 31.9 Å². The summed E-state index contributed by atoms with van der Waals surface area (Å²) in [4.78, 5) is 41.9. The average Bonchev–Trinajstić information content (AvgIpc) is 2.68. The van der Waals surface area contributed by atoms with Gasteiger partial charge in [-0.3, -0.25) is 18.7 Å². The van der Waals surface area contributed by atoms with Gasteiger partial charge in [-0.2, -0.15) is 0 Å². The number of aromatic nitrogens is 3. The maximum absolute atomic E-state index is 12.8. The molecule has 3 aromatic rings. The third kappa shape index (κ3) is 3.21. The molecule has 1 amide bonds. The van der Waals surface area contributed by atoms with Crippen molar-refractivity contribution in [2.45, 2.75) is 13.5 Å². The third-order valence-corrected chi connectivity index (χ3v) is 4.42. The first kappa shape index (κ1) is 18.4. The number of ether oxygens (including phenoxy) is 1. The van der Waals surface area contributed by atoms with E-state index in [9.17, 15) is 14.4 Å². The third-order valence-electron chi connectivity index (χ3n) is 4.42. The highest BCUT2D eigenvalue weighted by molar-refractivity contribution is 6.05. The Bertz CT molecular complexity index is 1160. The summed E-state index contributed by atoms with van der Waals surface area (Å²) in [6, 6.07) is 8.89. The van der Waals surface area contributed by atoms with Gasteiger partial charge in [0.25, 0.3) is 11.5 Å². The van der Waals surface area contributed by atoms with Crippen LogP contribution >= 0.6 is 0 Å². The molecule has 0 radical (unpaired) electrons. The maximum Gasteiger partial charge on any atom is 0.332 e. The Morgan fingerprint density at radius 2 is 1.89 bits per heavy atom. The second kappa shape index (κ2) is 7.06. The fraction of sp³-hybridized carbons (Fsp3) is 0.263. The van der Waals surface area contributed by atoms with Crippen LogP contribution < -0.4 is 21.3 Å². The average molecular weight is 368 g/mol. The molecule has 0 saturated heterocycles. The highest BCUT2D eigenvalue weighted by Gasteiger charge is 2.19. The van der Waals surface area contributed by atoms with Crippen LogP contribution in [0.25, 0.3) is 11.0 Å². The summed E-state index contributed by atoms with van der Waals surface area (Å²) in [5.74, 6) is 0.235. The van der Waals surface area contributed by atoms with Crippen molar-refractivity contribution in [1.82, 2.24) is 19.4 Å². The minimum absolute atomic E-state index is 0.114. The number of carbonyl (C=O) groups is 1. The SMILES string of the molecule is COc1ccccc1CNC(=O)c1cc(C)nc2c1c(=O)n(C)c(=O)n2C. The Labute approximate surface area is 155 Å². The quantitative estimate of drug-likeness (QED) is 0.738. The number of pyridine rings is 1. The van der Waals surface area contributed by atoms with Crippen molar-refractivity contribution in [2.75, 3.05) is 7.11 Å². The first-order valence-corrected chi connectivity index (χ1v) is 8.32. The zero-order valence-corrected chi connectivity index (χ0v) is 15.6. The standard InChI is InChI=1S/C19H20N4O4/c1-11-9-13(15-16(21-11)22(2)19(26)23(3)18(15)25)17(24)20-10-12-7-5-6-8-14(12)27-4/h5-9H,10H2,1-4H3,(H,20,24). The van der Waals surface area contributed by atoms with Crippen molar-refractivity contribution in [1.29, 1.82) is 0 Å². The number of hydrogen-bond donors (Lipinski definition) is 1. The topological polar surface area (TPSA) is 95.2 Å². The Balaban J connectivity index is 2.07. The summed E-state index contributed by atoms with van der Waals surface area (Å²) in [5, 5.41) is 2.92. The van der Waals surface area contributed by atoms with Crippen molar-refractivity contribution in [3.63, 3.8) is 0 Å². The van der Waals surface area contributed by atoms with E-state index < -0.39 is 17.2 Å². The number of nitrogens with zero attached hydrogens (tertiary/aromatic N) is 3. The van der Waals surface area contributed by atoms with Gasteiger partial charge in [0.15, 0.2) is 0 Å². The number of aryl methyl sites for hydroxylation is 2. The van der Waals surface area contributed by atoms with Crippen LogP contribution in [0.3, 0.4) is 0 Å². The molecule has 0 saturated carbocycles. The minimum atomic E-state index is -0.553. The van der Waals surface area contributed by atoms with Crippen LogP contribution in [-0.2, 0) is 20.6 Å². The Morgan fingerprint density at radius 3 is 2.59 bits per heavy atom. The highest BCUT2D eigenvalue weighted by Crippen LogP contribution is 2.18. The van der Waals surface area contributed by atoms with Crippen LogP contribution in [0.1, 0.15) is 21.6 Å². The molecule has 2 aromatic heterocycles. The van der Waals surface area contributed by atoms with Gasteiger partial charge < -0.3 is 10.1 Å². The number of amides is 1. The van der Waals surface area contributed by atoms with E-state index in [0.717, 1.165) is 10.1 Å². The summed E-state index contributed by atoms with van der Waals surface area (Å²) >= 11 is 0. The smallest absolute Gasteiger partial charge is 0.332 e. The van der Waals surface area contributed by atoms with E-state index in [-0.39, 0.29) is 23.1 Å². The lowest BCUT2D eigenvalue weighted by Crippen LogP contribution is -2.38. The lowest BCUT2D eigenvalue weighted by atomic mass is 10.1.